The van der Waals surface area contributed by atoms with E-state index in [-0.39, 0.29) is 127 Å². The Morgan fingerprint density at radius 3 is 1.08 bits per heavy atom. The van der Waals surface area contributed by atoms with Crippen molar-refractivity contribution in [2.75, 3.05) is 61.2 Å². The molecule has 15 heterocycles. The summed E-state index contributed by atoms with van der Waals surface area (Å²) in [5, 5.41) is 22.0. The van der Waals surface area contributed by atoms with E-state index < -0.39 is 180 Å². The summed E-state index contributed by atoms with van der Waals surface area (Å²) in [5.74, 6) is -12.4. The molecular formula is C86H63F8N17O21. The van der Waals surface area contributed by atoms with Crippen molar-refractivity contribution in [1.82, 2.24) is 82.4 Å². The van der Waals surface area contributed by atoms with E-state index >= 15 is 0 Å². The van der Waals surface area contributed by atoms with Crippen molar-refractivity contribution in [2.24, 2.45) is 11.1 Å². The molecule has 5 fully saturated rings. The van der Waals surface area contributed by atoms with Crippen LogP contribution in [-0.2, 0) is 77.1 Å². The summed E-state index contributed by atoms with van der Waals surface area (Å²) in [6.07, 6.45) is 7.23. The zero-order chi connectivity index (χ0) is 93.9. The third kappa shape index (κ3) is 14.4. The monoisotopic (exact) mass is 1820 g/mol. The highest BCUT2D eigenvalue weighted by Gasteiger charge is 2.58. The van der Waals surface area contributed by atoms with Crippen LogP contribution in [0.25, 0.3) is 33.0 Å². The van der Waals surface area contributed by atoms with Gasteiger partial charge in [0.15, 0.2) is 97.3 Å². The van der Waals surface area contributed by atoms with Crippen LogP contribution in [-0.4, -0.2) is 179 Å². The van der Waals surface area contributed by atoms with Crippen LogP contribution >= 0.6 is 0 Å². The van der Waals surface area contributed by atoms with Gasteiger partial charge in [-0.25, -0.2) is 54.3 Å². The maximum absolute atomic E-state index is 14.8. The summed E-state index contributed by atoms with van der Waals surface area (Å²) < 4.78 is 151. The minimum Gasteiger partial charge on any atom is -0.491 e. The molecule has 9 aliphatic heterocycles. The van der Waals surface area contributed by atoms with E-state index in [2.05, 4.69) is 74.6 Å². The fraction of sp³-hybridized carbons (Fsp3) is 0.221. The second-order valence-corrected chi connectivity index (χ2v) is 31.1. The lowest BCUT2D eigenvalue weighted by Gasteiger charge is -2.29. The van der Waals surface area contributed by atoms with E-state index in [0.29, 0.717) is 44.2 Å². The number of aromatic nitrogens is 3. The molecule has 20 rings (SSSR count). The van der Waals surface area contributed by atoms with Crippen LogP contribution in [0.2, 0.25) is 0 Å². The van der Waals surface area contributed by atoms with Crippen molar-refractivity contribution < 1.29 is 134 Å². The number of imide groups is 5. The predicted octanol–water partition coefficient (Wildman–Crippen LogP) is 5.42. The van der Waals surface area contributed by atoms with Gasteiger partial charge in [0.25, 0.3) is 47.3 Å². The van der Waals surface area contributed by atoms with Crippen LogP contribution in [0.5, 0.6) is 23.0 Å². The first-order valence-corrected chi connectivity index (χ1v) is 39.2. The lowest BCUT2D eigenvalue weighted by Crippen LogP contribution is -2.52. The lowest BCUT2D eigenvalue weighted by molar-refractivity contribution is -0.128. The smallest absolute Gasteiger partial charge is 0.322 e. The Morgan fingerprint density at radius 1 is 0.409 bits per heavy atom. The predicted molar refractivity (Wildman–Crippen MR) is 429 cm³/mol. The number of furan rings is 3. The molecule has 6 aromatic heterocycles. The highest BCUT2D eigenvalue weighted by Crippen LogP contribution is 2.44. The van der Waals surface area contributed by atoms with Crippen LogP contribution in [0.3, 0.4) is 0 Å². The van der Waals surface area contributed by atoms with Crippen molar-refractivity contribution in [2.45, 2.75) is 54.8 Å². The zero-order valence-electron chi connectivity index (χ0n) is 68.4. The Labute approximate surface area is 733 Å². The summed E-state index contributed by atoms with van der Waals surface area (Å²) in [4.78, 5) is 192. The third-order valence-electron chi connectivity index (χ3n) is 23.3. The number of carbonyl (C=O) groups is 14. The number of urea groups is 4. The van der Waals surface area contributed by atoms with Crippen LogP contribution in [0.15, 0.2) is 135 Å². The zero-order valence-corrected chi connectivity index (χ0v) is 68.4. The number of carbonyl (C=O) groups excluding carboxylic acids is 14. The summed E-state index contributed by atoms with van der Waals surface area (Å²) in [6.45, 7) is -2.35. The summed E-state index contributed by atoms with van der Waals surface area (Å²) >= 11 is 0. The summed E-state index contributed by atoms with van der Waals surface area (Å²) in [7, 11) is 4.35. The SMILES string of the molecule is COc1c(F)cc2c(c1F)C(=O)N(CC1(C#Cc3ccc(C4(CN)NC(=O)NC4=O)cc3)CC(=O)NC1=O)C2.COc1c(F)cc2c(c1F)C(=O)N(CC1(c3cc4cnccc4o3)NC(=O)NC1=O)C2.COc1c(F)cc2c(c1F)C(=O)N(CC1(c3cc4ncccc4o3)NC(=O)NC1=O)C2.COc1c(F)cc2c(c1F)C(=O)N(C[C@@]1(c3cc4cnccc4o3)NC(=O)NC1=O)C2. The number of methoxy groups -OCH3 is 4. The first-order chi connectivity index (χ1) is 63.0. The van der Waals surface area contributed by atoms with E-state index in [1.807, 2.05) is 0 Å². The number of pyridine rings is 3. The number of nitrogens with one attached hydrogen (secondary N) is 9. The van der Waals surface area contributed by atoms with Crippen molar-refractivity contribution in [1.29, 1.82) is 0 Å². The number of hydrogen-bond acceptors (Lipinski definition) is 25. The van der Waals surface area contributed by atoms with Crippen molar-refractivity contribution in [3.8, 4) is 34.8 Å². The van der Waals surface area contributed by atoms with Gasteiger partial charge in [-0.2, -0.15) is 0 Å². The van der Waals surface area contributed by atoms with Gasteiger partial charge in [0, 0.05) is 92.7 Å². The third-order valence-corrected chi connectivity index (χ3v) is 23.3. The van der Waals surface area contributed by atoms with Gasteiger partial charge in [0.2, 0.25) is 11.8 Å². The average molecular weight is 1820 g/mol. The Hall–Kier alpha value is -16.9. The molecule has 5 atom stereocenters. The van der Waals surface area contributed by atoms with E-state index in [0.717, 1.165) is 72.3 Å². The van der Waals surface area contributed by atoms with Crippen molar-refractivity contribution in [3.05, 3.63) is 241 Å². The number of rotatable bonds is 17. The topological polar surface area (TPSA) is 501 Å². The van der Waals surface area contributed by atoms with Gasteiger partial charge in [-0.3, -0.25) is 89.5 Å². The summed E-state index contributed by atoms with van der Waals surface area (Å²) in [6, 6.07) is 18.2. The normalized spacial score (nSPS) is 21.2. The molecule has 11 N–H and O–H groups in total. The molecule has 11 aromatic rings. The van der Waals surface area contributed by atoms with Gasteiger partial charge in [-0.1, -0.05) is 24.0 Å². The molecule has 0 saturated carbocycles. The number of hydrogen-bond donors (Lipinski definition) is 10. The first kappa shape index (κ1) is 87.2. The first-order valence-electron chi connectivity index (χ1n) is 39.2. The molecule has 38 nitrogen and oxygen atoms in total. The molecule has 0 bridgehead atoms. The molecule has 0 spiro atoms. The highest BCUT2D eigenvalue weighted by atomic mass is 19.2. The second-order valence-electron chi connectivity index (χ2n) is 31.1. The van der Waals surface area contributed by atoms with Crippen LogP contribution < -0.4 is 72.5 Å². The fourth-order valence-corrected chi connectivity index (χ4v) is 16.9. The number of fused-ring (bicyclic) bond motifs is 7. The number of amides is 18. The number of nitrogens with zero attached hydrogens (tertiary/aromatic N) is 7. The highest BCUT2D eigenvalue weighted by molar-refractivity contribution is 6.13. The molecule has 0 radical (unpaired) electrons. The Morgan fingerprint density at radius 2 is 0.758 bits per heavy atom. The van der Waals surface area contributed by atoms with Gasteiger partial charge in [0.05, 0.1) is 76.7 Å². The number of ether oxygens (including phenoxy) is 4. The minimum atomic E-state index is -1.77. The van der Waals surface area contributed by atoms with Crippen LogP contribution in [0.4, 0.5) is 54.3 Å². The standard InChI is InChI=1S/C26H21F2N5O6.3C20H14F2N4O5/c1-39-20-16(27)8-14-10-33(21(35)18(14)19(20)28)12-25(9-17(34)30-22(25)36)7-6-13-2-4-15(5-3-13)26(11-29)23(37)31-24(38)32-26;2*1-30-16-11(21)4-10-7-26(17(27)14(10)15(16)22)8-20(18(28)24-19(29)25-20)13-5-9-6-23-3-2-12(9)31-13;1-30-16-10(21)5-9-7-26(17(27)14(9)15(16)22)8-20(18(28)24-19(29)25-20)13-6-11-12(31-13)3-2-4-23-11/h2-5,8H,9-12,29H2,1H3,(H,30,34,36)(H2,31,32,37,38);3*2-6H,7-8H2,1H3,(H2,24,25,28,29)/t;20-;;/m.0../s1. The molecule has 0 aliphatic carbocycles. The quantitative estimate of drug-likeness (QED) is 0.0235. The van der Waals surface area contributed by atoms with Crippen molar-refractivity contribution >= 4 is 116 Å². The number of benzene rings is 5. The molecule has 4 unspecified atom stereocenters. The maximum atomic E-state index is 14.8. The largest absolute Gasteiger partial charge is 0.491 e. The number of nitrogens with two attached hydrogens (primary N) is 1. The molecule has 5 aromatic carbocycles. The van der Waals surface area contributed by atoms with E-state index in [9.17, 15) is 102 Å². The molecule has 46 heteroatoms. The molecule has 674 valence electrons. The van der Waals surface area contributed by atoms with E-state index in [4.69, 9.17) is 37.9 Å². The Bertz CT molecular complexity index is 6470. The Kier molecular flexibility index (Phi) is 21.6. The Balaban J connectivity index is 0.000000123. The molecule has 9 aliphatic rings. The van der Waals surface area contributed by atoms with E-state index in [1.54, 1.807) is 48.5 Å². The van der Waals surface area contributed by atoms with Gasteiger partial charge >= 0.3 is 24.1 Å². The molecular weight excluding hydrogens is 1760 g/mol. The molecule has 132 heavy (non-hydrogen) atoms. The van der Waals surface area contributed by atoms with Crippen LogP contribution in [0.1, 0.15) is 98.5 Å². The molecule has 5 saturated heterocycles. The fourth-order valence-electron chi connectivity index (χ4n) is 16.9. The average Bonchev–Trinajstić information content (AvgIpc) is 1.60. The van der Waals surface area contributed by atoms with Gasteiger partial charge in [-0.15, -0.1) is 0 Å². The van der Waals surface area contributed by atoms with Gasteiger partial charge in [0.1, 0.15) is 39.4 Å². The lowest BCUT2D eigenvalue weighted by atomic mass is 9.85. The van der Waals surface area contributed by atoms with Crippen molar-refractivity contribution in [3.63, 3.8) is 0 Å². The van der Waals surface area contributed by atoms with Gasteiger partial charge < -0.3 is 78.8 Å². The maximum Gasteiger partial charge on any atom is 0.322 e. The van der Waals surface area contributed by atoms with Gasteiger partial charge in [-0.05, 0) is 101 Å². The second kappa shape index (κ2) is 32.8. The summed E-state index contributed by atoms with van der Waals surface area (Å²) in [5.41, 5.74) is -1.12. The van der Waals surface area contributed by atoms with Crippen LogP contribution in [0, 0.1) is 63.8 Å². The van der Waals surface area contributed by atoms with E-state index in [1.165, 1.54) is 49.2 Å². The minimum absolute atomic E-state index is 0.0533. The molecule has 18 amide bonds. The number of halogens is 8.